The highest BCUT2D eigenvalue weighted by molar-refractivity contribution is 7.89. The molecule has 1 aliphatic carbocycles. The summed E-state index contributed by atoms with van der Waals surface area (Å²) in [6.45, 7) is 3.16. The molecule has 172 valence electrons. The lowest BCUT2D eigenvalue weighted by atomic mass is 9.74. The second kappa shape index (κ2) is 8.93. The number of nitrogens with zero attached hydrogens (tertiary/aromatic N) is 3. The van der Waals surface area contributed by atoms with E-state index in [1.807, 2.05) is 11.8 Å². The van der Waals surface area contributed by atoms with Crippen molar-refractivity contribution in [3.8, 4) is 6.07 Å². The average Bonchev–Trinajstić information content (AvgIpc) is 3.48. The summed E-state index contributed by atoms with van der Waals surface area (Å²) in [6.07, 6.45) is 3.57. The molecule has 32 heavy (non-hydrogen) atoms. The summed E-state index contributed by atoms with van der Waals surface area (Å²) in [6, 6.07) is 8.44. The van der Waals surface area contributed by atoms with Gasteiger partial charge in [0.05, 0.1) is 39.5 Å². The maximum absolute atomic E-state index is 13.3. The molecule has 1 aromatic rings. The number of guanidine groups is 1. The Balaban J connectivity index is 1.48. The van der Waals surface area contributed by atoms with Crippen LogP contribution in [0.5, 0.6) is 0 Å². The summed E-state index contributed by atoms with van der Waals surface area (Å²) in [4.78, 5) is 7.38. The lowest BCUT2D eigenvalue weighted by molar-refractivity contribution is 0.225. The Hall–Kier alpha value is -2.28. The van der Waals surface area contributed by atoms with Crippen molar-refractivity contribution in [1.29, 1.82) is 5.26 Å². The Morgan fingerprint density at radius 2 is 2.00 bits per heavy atom. The molecule has 2 unspecified atom stereocenters. The van der Waals surface area contributed by atoms with Gasteiger partial charge in [-0.15, -0.1) is 0 Å². The third-order valence-electron chi connectivity index (χ3n) is 6.93. The van der Waals surface area contributed by atoms with Gasteiger partial charge >= 0.3 is 0 Å². The van der Waals surface area contributed by atoms with Gasteiger partial charge in [-0.3, -0.25) is 4.21 Å². The molecule has 9 heteroatoms. The van der Waals surface area contributed by atoms with Crippen molar-refractivity contribution in [3.63, 3.8) is 0 Å². The molecule has 0 radical (unpaired) electrons. The van der Waals surface area contributed by atoms with Crippen LogP contribution in [0.25, 0.3) is 0 Å². The molecule has 0 spiro atoms. The number of nitriles is 1. The summed E-state index contributed by atoms with van der Waals surface area (Å²) in [5, 5.41) is 22.9. The molecule has 2 atom stereocenters. The molecule has 0 bridgehead atoms. The number of hydrogen-bond donors (Lipinski definition) is 3. The Kier molecular flexibility index (Phi) is 6.39. The van der Waals surface area contributed by atoms with Gasteiger partial charge in [0.2, 0.25) is 0 Å². The number of aliphatic hydroxyl groups excluding tert-OH is 1. The minimum absolute atomic E-state index is 0.0699. The number of aliphatic imine (C=N–C) groups is 1. The molecule has 4 rings (SSSR count). The largest absolute Gasteiger partial charge is 0.394 e. The molecule has 2 aliphatic heterocycles. The number of piperidine rings is 1. The number of hydrogen-bond acceptors (Lipinski definition) is 5. The van der Waals surface area contributed by atoms with Crippen molar-refractivity contribution in [2.75, 3.05) is 25.4 Å². The van der Waals surface area contributed by atoms with E-state index >= 15 is 0 Å². The number of halogens is 1. The predicted octanol–water partition coefficient (Wildman–Crippen LogP) is 1.86. The van der Waals surface area contributed by atoms with E-state index in [4.69, 9.17) is 5.73 Å². The number of likely N-dealkylation sites (tertiary alicyclic amines) is 1. The fraction of sp³-hybridized carbons (Fsp3) is 0.565. The molecule has 7 nitrogen and oxygen atoms in total. The molecule has 0 amide bonds. The first kappa shape index (κ1) is 22.9. The summed E-state index contributed by atoms with van der Waals surface area (Å²) in [5.41, 5.74) is 7.00. The van der Waals surface area contributed by atoms with Crippen LogP contribution in [-0.4, -0.2) is 57.2 Å². The van der Waals surface area contributed by atoms with Crippen LogP contribution in [0.15, 0.2) is 39.9 Å². The molecule has 4 N–H and O–H groups in total. The van der Waals surface area contributed by atoms with E-state index in [0.717, 1.165) is 29.0 Å². The van der Waals surface area contributed by atoms with Crippen molar-refractivity contribution >= 4 is 16.8 Å². The molecule has 2 fully saturated rings. The van der Waals surface area contributed by atoms with E-state index in [1.165, 1.54) is 12.1 Å². The van der Waals surface area contributed by atoms with Gasteiger partial charge in [-0.1, -0.05) is 12.1 Å². The van der Waals surface area contributed by atoms with Gasteiger partial charge < -0.3 is 21.1 Å². The number of nitrogens with two attached hydrogens (primary N) is 1. The van der Waals surface area contributed by atoms with Crippen LogP contribution in [0.4, 0.5) is 4.39 Å². The van der Waals surface area contributed by atoms with Crippen molar-refractivity contribution in [2.24, 2.45) is 10.7 Å². The van der Waals surface area contributed by atoms with Gasteiger partial charge in [0.25, 0.3) is 0 Å². The molecule has 0 aromatic heterocycles. The van der Waals surface area contributed by atoms with Crippen molar-refractivity contribution in [1.82, 2.24) is 10.2 Å². The molecule has 1 saturated carbocycles. The minimum atomic E-state index is -1.11. The van der Waals surface area contributed by atoms with Crippen LogP contribution in [-0.2, 0) is 16.2 Å². The molecule has 2 heterocycles. The maximum Gasteiger partial charge on any atom is 0.196 e. The van der Waals surface area contributed by atoms with Gasteiger partial charge in [-0.05, 0) is 50.3 Å². The van der Waals surface area contributed by atoms with E-state index in [9.17, 15) is 19.0 Å². The fourth-order valence-corrected chi connectivity index (χ4v) is 6.16. The zero-order valence-electron chi connectivity index (χ0n) is 18.3. The molecular weight excluding hydrogens is 429 g/mol. The van der Waals surface area contributed by atoms with Crippen molar-refractivity contribution in [3.05, 3.63) is 46.2 Å². The summed E-state index contributed by atoms with van der Waals surface area (Å²) >= 11 is 0. The van der Waals surface area contributed by atoms with Crippen LogP contribution in [0.2, 0.25) is 0 Å². The number of allylic oxidation sites excluding steroid dienone is 1. The highest BCUT2D eigenvalue weighted by Gasteiger charge is 2.44. The lowest BCUT2D eigenvalue weighted by Gasteiger charge is -2.38. The van der Waals surface area contributed by atoms with Crippen molar-refractivity contribution in [2.45, 2.75) is 56.0 Å². The predicted molar refractivity (Wildman–Crippen MR) is 122 cm³/mol. The summed E-state index contributed by atoms with van der Waals surface area (Å²) < 4.78 is 26.0. The zero-order chi connectivity index (χ0) is 22.9. The maximum atomic E-state index is 13.3. The first-order valence-corrected chi connectivity index (χ1v) is 12.4. The number of nitrogens with one attached hydrogen (secondary N) is 1. The first-order chi connectivity index (χ1) is 15.3. The van der Waals surface area contributed by atoms with Crippen LogP contribution in [0.3, 0.4) is 0 Å². The van der Waals surface area contributed by atoms with Crippen LogP contribution < -0.4 is 11.1 Å². The smallest absolute Gasteiger partial charge is 0.196 e. The zero-order valence-corrected chi connectivity index (χ0v) is 19.1. The quantitative estimate of drug-likeness (QED) is 0.442. The van der Waals surface area contributed by atoms with Crippen molar-refractivity contribution < 1.29 is 13.7 Å². The van der Waals surface area contributed by atoms with Gasteiger partial charge in [0.15, 0.2) is 5.96 Å². The van der Waals surface area contributed by atoms with Gasteiger partial charge in [0, 0.05) is 36.8 Å². The Bertz CT molecular complexity index is 989. The van der Waals surface area contributed by atoms with E-state index in [-0.39, 0.29) is 24.0 Å². The monoisotopic (exact) mass is 459 g/mol. The molecule has 1 aromatic carbocycles. The summed E-state index contributed by atoms with van der Waals surface area (Å²) in [7, 11) is -1.11. The second-order valence-electron chi connectivity index (χ2n) is 9.07. The topological polar surface area (TPSA) is 115 Å². The SMILES string of the molecule is CC(NC1(CO)CC1)C1=C(N=C(N)N2CCC(C#N)(c3ccc(F)cc3)CC2)CCS1=O. The third kappa shape index (κ3) is 4.45. The average molecular weight is 460 g/mol. The van der Waals surface area contributed by atoms with Crippen LogP contribution in [0, 0.1) is 17.1 Å². The third-order valence-corrected chi connectivity index (χ3v) is 8.58. The highest BCUT2D eigenvalue weighted by atomic mass is 32.2. The Morgan fingerprint density at radius 1 is 1.34 bits per heavy atom. The molecule has 1 saturated heterocycles. The molecular formula is C23H30FN5O2S. The van der Waals surface area contributed by atoms with Crippen LogP contribution >= 0.6 is 0 Å². The Morgan fingerprint density at radius 3 is 2.56 bits per heavy atom. The van der Waals surface area contributed by atoms with Gasteiger partial charge in [0.1, 0.15) is 5.82 Å². The number of aliphatic hydroxyl groups is 1. The summed E-state index contributed by atoms with van der Waals surface area (Å²) in [5.74, 6) is 0.586. The van der Waals surface area contributed by atoms with E-state index in [2.05, 4.69) is 16.4 Å². The van der Waals surface area contributed by atoms with E-state index < -0.39 is 16.2 Å². The standard InChI is InChI=1S/C23H30FN5O2S/c1-16(28-23(15-30)7-8-23)20-19(6-13-32(20)31)27-21(26)29-11-9-22(14-25,10-12-29)17-2-4-18(24)5-3-17/h2-5,16,28,30H,6-13,15H2,1H3,(H2,26,27). The Labute approximate surface area is 190 Å². The highest BCUT2D eigenvalue weighted by Crippen LogP contribution is 2.38. The van der Waals surface area contributed by atoms with Gasteiger partial charge in [-0.2, -0.15) is 5.26 Å². The number of benzene rings is 1. The van der Waals surface area contributed by atoms with Gasteiger partial charge in [-0.25, -0.2) is 9.38 Å². The van der Waals surface area contributed by atoms with E-state index in [0.29, 0.717) is 44.1 Å². The number of rotatable bonds is 6. The lowest BCUT2D eigenvalue weighted by Crippen LogP contribution is -2.47. The first-order valence-electron chi connectivity index (χ1n) is 11.1. The van der Waals surface area contributed by atoms with E-state index in [1.54, 1.807) is 12.1 Å². The van der Waals surface area contributed by atoms with Crippen LogP contribution in [0.1, 0.15) is 44.6 Å². The molecule has 3 aliphatic rings. The normalized spacial score (nSPS) is 25.5. The fourth-order valence-electron chi connectivity index (χ4n) is 4.70. The second-order valence-corrected chi connectivity index (χ2v) is 10.6. The minimum Gasteiger partial charge on any atom is -0.394 e.